The minimum atomic E-state index is 0.544. The summed E-state index contributed by atoms with van der Waals surface area (Å²) in [4.78, 5) is 20.8. The van der Waals surface area contributed by atoms with Crippen LogP contribution in [0.1, 0.15) is 0 Å². The van der Waals surface area contributed by atoms with Crippen LogP contribution >= 0.6 is 0 Å². The molecule has 8 aromatic carbocycles. The number of para-hydroxylation sites is 2. The molecule has 0 saturated heterocycles. The van der Waals surface area contributed by atoms with Crippen molar-refractivity contribution >= 4 is 43.6 Å². The Kier molecular flexibility index (Phi) is 8.38. The van der Waals surface area contributed by atoms with Gasteiger partial charge in [0, 0.05) is 49.5 Å². The van der Waals surface area contributed by atoms with Crippen molar-refractivity contribution in [3.63, 3.8) is 0 Å². The van der Waals surface area contributed by atoms with Gasteiger partial charge in [-0.2, -0.15) is 9.97 Å². The molecule has 0 bridgehead atoms. The Morgan fingerprint density at radius 1 is 0.258 bits per heavy atom. The number of benzene rings is 8. The highest BCUT2D eigenvalue weighted by Crippen LogP contribution is 2.40. The third kappa shape index (κ3) is 6.04. The molecule has 0 unspecified atom stereocenters. The quantitative estimate of drug-likeness (QED) is 0.161. The molecular weight excluding hydrogens is 757 g/mol. The van der Waals surface area contributed by atoms with E-state index in [0.717, 1.165) is 72.2 Å². The van der Waals surface area contributed by atoms with Crippen LogP contribution in [0.15, 0.2) is 218 Å². The molecule has 0 radical (unpaired) electrons. The molecule has 0 saturated carbocycles. The van der Waals surface area contributed by atoms with Crippen LogP contribution in [-0.2, 0) is 0 Å². The topological polar surface area (TPSA) is 61.4 Å². The van der Waals surface area contributed by atoms with Crippen molar-refractivity contribution in [2.24, 2.45) is 0 Å². The second kappa shape index (κ2) is 14.7. The van der Waals surface area contributed by atoms with Crippen LogP contribution in [0.3, 0.4) is 0 Å². The Hall–Kier alpha value is -8.48. The Labute approximate surface area is 357 Å². The number of pyridine rings is 1. The molecule has 4 heterocycles. The van der Waals surface area contributed by atoms with Gasteiger partial charge in [0.1, 0.15) is 0 Å². The number of hydrogen-bond donors (Lipinski definition) is 0. The molecule has 0 aliphatic heterocycles. The number of nitrogens with zero attached hydrogens (tertiary/aromatic N) is 6. The third-order valence-corrected chi connectivity index (χ3v) is 11.8. The second-order valence-corrected chi connectivity index (χ2v) is 15.5. The first kappa shape index (κ1) is 35.5. The molecule has 0 spiro atoms. The first-order valence-electron chi connectivity index (χ1n) is 20.8. The molecule has 290 valence electrons. The van der Waals surface area contributed by atoms with Crippen molar-refractivity contribution in [3.05, 3.63) is 218 Å². The number of hydrogen-bond acceptors (Lipinski definition) is 4. The predicted octanol–water partition coefficient (Wildman–Crippen LogP) is 13.8. The van der Waals surface area contributed by atoms with E-state index < -0.39 is 0 Å². The SMILES string of the molecule is c1ccc(-c2cccc(-n3c4ccccc4c4cc5c6ccccc6n(-c6nc(-c7ccccc7)nc(-c7cccc(-c8cccc(-c9ccccc9)n8)c7)n6)c5cc43)c2)cc1. The van der Waals surface area contributed by atoms with Gasteiger partial charge in [0.15, 0.2) is 11.6 Å². The van der Waals surface area contributed by atoms with Crippen molar-refractivity contribution in [1.82, 2.24) is 29.1 Å². The monoisotopic (exact) mass is 792 g/mol. The van der Waals surface area contributed by atoms with Crippen LogP contribution in [0.5, 0.6) is 0 Å². The number of aromatic nitrogens is 6. The molecule has 0 N–H and O–H groups in total. The Balaban J connectivity index is 1.08. The molecule has 12 aromatic rings. The van der Waals surface area contributed by atoms with Crippen LogP contribution in [-0.4, -0.2) is 29.1 Å². The lowest BCUT2D eigenvalue weighted by molar-refractivity contribution is 0.953. The largest absolute Gasteiger partial charge is 0.309 e. The van der Waals surface area contributed by atoms with E-state index in [1.807, 2.05) is 42.5 Å². The van der Waals surface area contributed by atoms with Gasteiger partial charge in [0.2, 0.25) is 5.95 Å². The summed E-state index contributed by atoms with van der Waals surface area (Å²) in [7, 11) is 0. The summed E-state index contributed by atoms with van der Waals surface area (Å²) in [6, 6.07) is 76.2. The van der Waals surface area contributed by atoms with E-state index in [-0.39, 0.29) is 0 Å². The standard InChI is InChI=1S/C56H36N6/c1-4-17-37(18-5-1)40-23-15-26-43(34-40)61-50-31-12-10-27-44(50)46-35-47-45-28-11-13-32-51(45)62(53(47)36-52(46)61)56-59-54(39-21-8-3-9-22-39)58-55(60-56)42-25-14-24-41(33-42)49-30-16-29-48(57-49)38-19-6-2-7-20-38/h1-36H. The van der Waals surface area contributed by atoms with Crippen molar-refractivity contribution < 1.29 is 0 Å². The molecule has 0 amide bonds. The van der Waals surface area contributed by atoms with Crippen LogP contribution in [0.25, 0.3) is 112 Å². The summed E-state index contributed by atoms with van der Waals surface area (Å²) in [5.41, 5.74) is 13.3. The average molecular weight is 793 g/mol. The molecule has 6 heteroatoms. The minimum absolute atomic E-state index is 0.544. The zero-order valence-corrected chi connectivity index (χ0v) is 33.5. The maximum absolute atomic E-state index is 5.33. The van der Waals surface area contributed by atoms with Gasteiger partial charge in [0.25, 0.3) is 0 Å². The maximum Gasteiger partial charge on any atom is 0.238 e. The molecule has 0 aliphatic carbocycles. The average Bonchev–Trinajstić information content (AvgIpc) is 3.86. The van der Waals surface area contributed by atoms with E-state index in [1.54, 1.807) is 0 Å². The van der Waals surface area contributed by atoms with Crippen molar-refractivity contribution in [2.75, 3.05) is 0 Å². The lowest BCUT2D eigenvalue weighted by Gasteiger charge is -2.12. The maximum atomic E-state index is 5.33. The second-order valence-electron chi connectivity index (χ2n) is 15.5. The highest BCUT2D eigenvalue weighted by atomic mass is 15.2. The normalized spacial score (nSPS) is 11.5. The van der Waals surface area contributed by atoms with E-state index in [0.29, 0.717) is 17.6 Å². The molecule has 4 aromatic heterocycles. The van der Waals surface area contributed by atoms with Crippen LogP contribution in [0.4, 0.5) is 0 Å². The van der Waals surface area contributed by atoms with Crippen molar-refractivity contribution in [1.29, 1.82) is 0 Å². The van der Waals surface area contributed by atoms with Gasteiger partial charge in [-0.05, 0) is 65.7 Å². The van der Waals surface area contributed by atoms with Crippen LogP contribution < -0.4 is 0 Å². The van der Waals surface area contributed by atoms with Crippen LogP contribution in [0.2, 0.25) is 0 Å². The van der Waals surface area contributed by atoms with E-state index >= 15 is 0 Å². The summed E-state index contributed by atoms with van der Waals surface area (Å²) >= 11 is 0. The zero-order chi connectivity index (χ0) is 41.0. The van der Waals surface area contributed by atoms with E-state index in [1.165, 1.54) is 21.9 Å². The van der Waals surface area contributed by atoms with E-state index in [4.69, 9.17) is 19.9 Å². The first-order chi connectivity index (χ1) is 30.7. The fraction of sp³-hybridized carbons (Fsp3) is 0. The van der Waals surface area contributed by atoms with E-state index in [2.05, 4.69) is 185 Å². The molecule has 62 heavy (non-hydrogen) atoms. The fourth-order valence-electron chi connectivity index (χ4n) is 8.87. The molecular formula is C56H36N6. The third-order valence-electron chi connectivity index (χ3n) is 11.8. The van der Waals surface area contributed by atoms with Gasteiger partial charge >= 0.3 is 0 Å². The fourth-order valence-corrected chi connectivity index (χ4v) is 8.87. The highest BCUT2D eigenvalue weighted by molar-refractivity contribution is 6.19. The lowest BCUT2D eigenvalue weighted by atomic mass is 10.1. The summed E-state index contributed by atoms with van der Waals surface area (Å²) < 4.78 is 4.60. The number of fused-ring (bicyclic) bond motifs is 6. The zero-order valence-electron chi connectivity index (χ0n) is 33.5. The van der Waals surface area contributed by atoms with Gasteiger partial charge in [-0.25, -0.2) is 9.97 Å². The summed E-state index contributed by atoms with van der Waals surface area (Å²) in [5, 5.41) is 4.64. The van der Waals surface area contributed by atoms with Gasteiger partial charge in [-0.15, -0.1) is 0 Å². The smallest absolute Gasteiger partial charge is 0.238 e. The van der Waals surface area contributed by atoms with Gasteiger partial charge in [0.05, 0.1) is 33.5 Å². The first-order valence-corrected chi connectivity index (χ1v) is 20.8. The van der Waals surface area contributed by atoms with Gasteiger partial charge in [-0.1, -0.05) is 164 Å². The summed E-state index contributed by atoms with van der Waals surface area (Å²) in [5.74, 6) is 1.72. The van der Waals surface area contributed by atoms with Crippen molar-refractivity contribution in [2.45, 2.75) is 0 Å². The van der Waals surface area contributed by atoms with E-state index in [9.17, 15) is 0 Å². The highest BCUT2D eigenvalue weighted by Gasteiger charge is 2.21. The molecule has 0 aliphatic rings. The van der Waals surface area contributed by atoms with Crippen molar-refractivity contribution in [3.8, 4) is 68.1 Å². The van der Waals surface area contributed by atoms with Gasteiger partial charge in [-0.3, -0.25) is 4.57 Å². The predicted molar refractivity (Wildman–Crippen MR) is 253 cm³/mol. The lowest BCUT2D eigenvalue weighted by Crippen LogP contribution is -2.06. The Morgan fingerprint density at radius 3 is 1.47 bits per heavy atom. The molecule has 0 fully saturated rings. The summed E-state index contributed by atoms with van der Waals surface area (Å²) in [6.07, 6.45) is 0. The Morgan fingerprint density at radius 2 is 0.758 bits per heavy atom. The molecule has 6 nitrogen and oxygen atoms in total. The Bertz CT molecular complexity index is 3630. The summed E-state index contributed by atoms with van der Waals surface area (Å²) in [6.45, 7) is 0. The molecule has 0 atom stereocenters. The minimum Gasteiger partial charge on any atom is -0.309 e. The van der Waals surface area contributed by atoms with Crippen LogP contribution in [0, 0.1) is 0 Å². The number of rotatable bonds is 7. The van der Waals surface area contributed by atoms with Gasteiger partial charge < -0.3 is 4.57 Å². The molecule has 12 rings (SSSR count).